The lowest BCUT2D eigenvalue weighted by Crippen LogP contribution is -2.21. The maximum Gasteiger partial charge on any atom is 0.306 e. The van der Waals surface area contributed by atoms with Gasteiger partial charge in [0, 0.05) is 30.2 Å². The highest BCUT2D eigenvalue weighted by molar-refractivity contribution is 5.89. The number of ether oxygens (including phenoxy) is 1. The van der Waals surface area contributed by atoms with Crippen LogP contribution in [0.25, 0.3) is 10.4 Å². The first-order valence-corrected chi connectivity index (χ1v) is 5.69. The second-order valence-electron chi connectivity index (χ2n) is 3.76. The molecule has 0 aliphatic carbocycles. The van der Waals surface area contributed by atoms with Crippen molar-refractivity contribution in [3.8, 4) is 0 Å². The van der Waals surface area contributed by atoms with Gasteiger partial charge in [-0.2, -0.15) is 0 Å². The van der Waals surface area contributed by atoms with Crippen LogP contribution in [0.1, 0.15) is 33.1 Å². The second-order valence-corrected chi connectivity index (χ2v) is 3.76. The van der Waals surface area contributed by atoms with Crippen molar-refractivity contribution in [3.63, 3.8) is 0 Å². The van der Waals surface area contributed by atoms with Crippen LogP contribution in [0.2, 0.25) is 0 Å². The average Bonchev–Trinajstić information content (AvgIpc) is 2.28. The Balaban J connectivity index is 4.26. The summed E-state index contributed by atoms with van der Waals surface area (Å²) < 4.78 is 4.73. The van der Waals surface area contributed by atoms with Crippen molar-refractivity contribution >= 4 is 17.5 Å². The predicted molar refractivity (Wildman–Crippen MR) is 63.7 cm³/mol. The molecule has 0 saturated heterocycles. The normalized spacial score (nSPS) is 11.2. The summed E-state index contributed by atoms with van der Waals surface area (Å²) in [6.07, 6.45) is -0.0256. The highest BCUT2D eigenvalue weighted by Crippen LogP contribution is 2.13. The molecule has 0 aromatic rings. The summed E-state index contributed by atoms with van der Waals surface area (Å²) in [6.45, 7) is 3.32. The van der Waals surface area contributed by atoms with Crippen LogP contribution in [0.3, 0.4) is 0 Å². The fourth-order valence-electron chi connectivity index (χ4n) is 1.38. The first kappa shape index (κ1) is 16.1. The first-order chi connectivity index (χ1) is 8.51. The molecule has 18 heavy (non-hydrogen) atoms. The van der Waals surface area contributed by atoms with Crippen molar-refractivity contribution in [2.75, 3.05) is 13.2 Å². The zero-order valence-corrected chi connectivity index (χ0v) is 10.6. The number of nitrogens with zero attached hydrogens (tertiary/aromatic N) is 3. The van der Waals surface area contributed by atoms with E-state index in [-0.39, 0.29) is 44.0 Å². The molecule has 0 N–H and O–H groups in total. The maximum absolute atomic E-state index is 11.5. The molecule has 7 nitrogen and oxygen atoms in total. The number of Topliss-reactive ketones (excluding diaryl/α,β-unsaturated/α-hetero) is 2. The van der Waals surface area contributed by atoms with Crippen LogP contribution in [0.5, 0.6) is 0 Å². The van der Waals surface area contributed by atoms with Crippen LogP contribution in [0.15, 0.2) is 5.11 Å². The number of hydrogen-bond donors (Lipinski definition) is 0. The summed E-state index contributed by atoms with van der Waals surface area (Å²) in [5, 5.41) is 3.24. The monoisotopic (exact) mass is 255 g/mol. The number of esters is 1. The van der Waals surface area contributed by atoms with Crippen LogP contribution in [-0.4, -0.2) is 30.7 Å². The zero-order chi connectivity index (χ0) is 14.0. The lowest BCUT2D eigenvalue weighted by atomic mass is 9.94. The van der Waals surface area contributed by atoms with Crippen molar-refractivity contribution in [2.24, 2.45) is 11.0 Å². The third-order valence-electron chi connectivity index (χ3n) is 2.32. The van der Waals surface area contributed by atoms with E-state index in [0.717, 1.165) is 0 Å². The molecular formula is C11H17N3O4. The first-order valence-electron chi connectivity index (χ1n) is 5.69. The Kier molecular flexibility index (Phi) is 8.22. The van der Waals surface area contributed by atoms with Gasteiger partial charge in [0.15, 0.2) is 0 Å². The highest BCUT2D eigenvalue weighted by atomic mass is 16.5. The minimum Gasteiger partial charge on any atom is -0.466 e. The molecule has 0 aromatic heterocycles. The summed E-state index contributed by atoms with van der Waals surface area (Å²) in [5.74, 6) is -1.56. The topological polar surface area (TPSA) is 109 Å². The second kappa shape index (κ2) is 9.18. The zero-order valence-electron chi connectivity index (χ0n) is 10.6. The standard InChI is InChI=1S/C11H17N3O4/c1-3-18-11(17)7-9(8(2)15)6-10(16)4-5-13-14-12/h9H,3-7H2,1-2H3/t9-/m1/s1. The largest absolute Gasteiger partial charge is 0.466 e. The Morgan fingerprint density at radius 2 is 2.00 bits per heavy atom. The highest BCUT2D eigenvalue weighted by Gasteiger charge is 2.22. The molecule has 0 saturated carbocycles. The van der Waals surface area contributed by atoms with Gasteiger partial charge >= 0.3 is 5.97 Å². The van der Waals surface area contributed by atoms with Crippen molar-refractivity contribution in [2.45, 2.75) is 33.1 Å². The molecule has 0 rings (SSSR count). The lowest BCUT2D eigenvalue weighted by Gasteiger charge is -2.11. The van der Waals surface area contributed by atoms with Crippen LogP contribution < -0.4 is 0 Å². The van der Waals surface area contributed by atoms with Crippen molar-refractivity contribution in [1.82, 2.24) is 0 Å². The predicted octanol–water partition coefficient (Wildman–Crippen LogP) is 1.80. The molecule has 0 aliphatic rings. The molecule has 0 heterocycles. The quantitative estimate of drug-likeness (QED) is 0.271. The third kappa shape index (κ3) is 7.40. The third-order valence-corrected chi connectivity index (χ3v) is 2.32. The van der Waals surface area contributed by atoms with Crippen molar-refractivity contribution in [3.05, 3.63) is 10.4 Å². The number of carbonyl (C=O) groups is 3. The summed E-state index contributed by atoms with van der Waals surface area (Å²) in [4.78, 5) is 36.6. The SMILES string of the molecule is CCOC(=O)C[C@@H](CC(=O)CCN=[N+]=[N-])C(C)=O. The molecule has 1 atom stereocenters. The van der Waals surface area contributed by atoms with E-state index in [4.69, 9.17) is 10.3 Å². The van der Waals surface area contributed by atoms with Crippen LogP contribution in [0, 0.1) is 5.92 Å². The molecule has 0 bridgehead atoms. The minimum atomic E-state index is -0.650. The van der Waals surface area contributed by atoms with E-state index in [0.29, 0.717) is 0 Å². The van der Waals surface area contributed by atoms with Gasteiger partial charge in [0.1, 0.15) is 11.6 Å². The molecule has 0 spiro atoms. The molecule has 7 heteroatoms. The van der Waals surface area contributed by atoms with Crippen molar-refractivity contribution < 1.29 is 19.1 Å². The molecule has 0 amide bonds. The van der Waals surface area contributed by atoms with E-state index in [2.05, 4.69) is 10.0 Å². The Morgan fingerprint density at radius 3 is 2.50 bits per heavy atom. The lowest BCUT2D eigenvalue weighted by molar-refractivity contribution is -0.146. The van der Waals surface area contributed by atoms with Gasteiger partial charge in [-0.25, -0.2) is 0 Å². The number of azide groups is 1. The Bertz CT molecular complexity index is 361. The summed E-state index contributed by atoms with van der Waals surface area (Å²) in [6, 6.07) is 0. The minimum absolute atomic E-state index is 0.0188. The van der Waals surface area contributed by atoms with E-state index >= 15 is 0 Å². The van der Waals surface area contributed by atoms with Gasteiger partial charge in [-0.3, -0.25) is 14.4 Å². The smallest absolute Gasteiger partial charge is 0.306 e. The van der Waals surface area contributed by atoms with E-state index in [9.17, 15) is 14.4 Å². The number of rotatable bonds is 9. The number of ketones is 2. The summed E-state index contributed by atoms with van der Waals surface area (Å²) in [7, 11) is 0. The molecule has 0 aromatic carbocycles. The fourth-order valence-corrected chi connectivity index (χ4v) is 1.38. The number of carbonyl (C=O) groups excluding carboxylic acids is 3. The maximum atomic E-state index is 11.5. The van der Waals surface area contributed by atoms with Crippen molar-refractivity contribution in [1.29, 1.82) is 0 Å². The van der Waals surface area contributed by atoms with Crippen LogP contribution >= 0.6 is 0 Å². The van der Waals surface area contributed by atoms with Gasteiger partial charge in [0.2, 0.25) is 0 Å². The van der Waals surface area contributed by atoms with Gasteiger partial charge in [-0.15, -0.1) is 0 Å². The fraction of sp³-hybridized carbons (Fsp3) is 0.727. The summed E-state index contributed by atoms with van der Waals surface area (Å²) in [5.41, 5.74) is 8.06. The van der Waals surface area contributed by atoms with Gasteiger partial charge in [-0.1, -0.05) is 5.11 Å². The van der Waals surface area contributed by atoms with Gasteiger partial charge in [0.05, 0.1) is 13.0 Å². The Labute approximate surface area is 105 Å². The molecule has 0 unspecified atom stereocenters. The molecule has 0 radical (unpaired) electrons. The van der Waals surface area contributed by atoms with Crippen LogP contribution in [-0.2, 0) is 19.1 Å². The number of hydrogen-bond acceptors (Lipinski definition) is 5. The Hall–Kier alpha value is -1.88. The van der Waals surface area contributed by atoms with E-state index in [1.165, 1.54) is 6.92 Å². The van der Waals surface area contributed by atoms with Gasteiger partial charge in [-0.05, 0) is 19.4 Å². The molecular weight excluding hydrogens is 238 g/mol. The molecule has 0 aliphatic heterocycles. The molecule has 100 valence electrons. The Morgan fingerprint density at radius 1 is 1.33 bits per heavy atom. The van der Waals surface area contributed by atoms with E-state index in [1.807, 2.05) is 0 Å². The van der Waals surface area contributed by atoms with Crippen LogP contribution in [0.4, 0.5) is 0 Å². The average molecular weight is 255 g/mol. The molecule has 0 fully saturated rings. The van der Waals surface area contributed by atoms with E-state index < -0.39 is 11.9 Å². The van der Waals surface area contributed by atoms with Gasteiger partial charge < -0.3 is 4.74 Å². The summed E-state index contributed by atoms with van der Waals surface area (Å²) >= 11 is 0. The van der Waals surface area contributed by atoms with E-state index in [1.54, 1.807) is 6.92 Å². The van der Waals surface area contributed by atoms with Gasteiger partial charge in [0.25, 0.3) is 0 Å².